The fourth-order valence-electron chi connectivity index (χ4n) is 11.8. The lowest BCUT2D eigenvalue weighted by molar-refractivity contribution is -0.164. The van der Waals surface area contributed by atoms with Gasteiger partial charge in [-0.2, -0.15) is 5.26 Å². The van der Waals surface area contributed by atoms with E-state index in [1.54, 1.807) is 36.0 Å². The number of aromatic nitrogens is 2. The lowest BCUT2D eigenvalue weighted by atomic mass is 9.49. The van der Waals surface area contributed by atoms with Crippen molar-refractivity contribution in [2.24, 2.45) is 16.2 Å². The maximum Gasteiger partial charge on any atom is 0.253 e. The molecule has 19 heteroatoms. The van der Waals surface area contributed by atoms with E-state index in [2.05, 4.69) is 71.5 Å². The van der Waals surface area contributed by atoms with Crippen molar-refractivity contribution in [1.82, 2.24) is 35.7 Å². The van der Waals surface area contributed by atoms with Crippen LogP contribution in [-0.2, 0) is 19.1 Å². The molecule has 73 heavy (non-hydrogen) atoms. The van der Waals surface area contributed by atoms with Gasteiger partial charge in [0.25, 0.3) is 5.91 Å². The van der Waals surface area contributed by atoms with Crippen LogP contribution in [0.25, 0.3) is 10.4 Å². The first-order chi connectivity index (χ1) is 34.5. The molecule has 17 nitrogen and oxygen atoms in total. The average Bonchev–Trinajstić information content (AvgIpc) is 4.04. The maximum atomic E-state index is 14.4. The molecule has 390 valence electrons. The molecular formula is C54H68ClN9O8S. The highest BCUT2D eigenvalue weighted by Crippen LogP contribution is 2.55. The SMILES string of the molecule is Cc1ncsc1-c1ccc([C@H](CO)NC(=O)C2C[C@@H](O)CN2C(=O)[C@@H](NC(=O)COCC2C3CCC(CN2c2ccc(C(=O)N[C@H]4C(C)(C)[C@H](Oc5ccc(C#N)c(Cl)c5)C4(C)C)cn2)N3C)C(C)(C)C)cc1. The van der Waals surface area contributed by atoms with Gasteiger partial charge in [-0.1, -0.05) is 84.3 Å². The molecule has 4 aromatic rings. The molecule has 3 aliphatic heterocycles. The fraction of sp³-hybridized carbons (Fsp3) is 0.537. The minimum atomic E-state index is -1.06. The van der Waals surface area contributed by atoms with E-state index in [9.17, 15) is 34.7 Å². The number of halogens is 1. The Morgan fingerprint density at radius 1 is 1.00 bits per heavy atom. The van der Waals surface area contributed by atoms with E-state index < -0.39 is 58.2 Å². The van der Waals surface area contributed by atoms with Crippen molar-refractivity contribution in [3.8, 4) is 22.3 Å². The Morgan fingerprint density at radius 3 is 2.34 bits per heavy atom. The van der Waals surface area contributed by atoms with Crippen molar-refractivity contribution in [2.75, 3.05) is 44.9 Å². The summed E-state index contributed by atoms with van der Waals surface area (Å²) < 4.78 is 12.6. The summed E-state index contributed by atoms with van der Waals surface area (Å²) in [6.45, 7) is 15.7. The number of likely N-dealkylation sites (N-methyl/N-ethyl adjacent to an activating group) is 1. The molecule has 8 rings (SSSR count). The average molecular weight is 1040 g/mol. The Morgan fingerprint density at radius 2 is 1.73 bits per heavy atom. The van der Waals surface area contributed by atoms with Crippen LogP contribution in [0.15, 0.2) is 66.3 Å². The number of amides is 4. The van der Waals surface area contributed by atoms with Crippen molar-refractivity contribution in [2.45, 2.75) is 129 Å². The zero-order valence-electron chi connectivity index (χ0n) is 43.0. The van der Waals surface area contributed by atoms with Crippen molar-refractivity contribution >= 4 is 52.4 Å². The van der Waals surface area contributed by atoms with Gasteiger partial charge >= 0.3 is 0 Å². The highest BCUT2D eigenvalue weighted by molar-refractivity contribution is 7.13. The van der Waals surface area contributed by atoms with Crippen LogP contribution in [0.2, 0.25) is 5.02 Å². The van der Waals surface area contributed by atoms with Gasteiger partial charge in [0.1, 0.15) is 42.4 Å². The third-order valence-electron chi connectivity index (χ3n) is 15.5. The second kappa shape index (κ2) is 21.3. The van der Waals surface area contributed by atoms with E-state index in [1.165, 1.54) is 16.2 Å². The van der Waals surface area contributed by atoms with Crippen LogP contribution in [0.1, 0.15) is 101 Å². The molecule has 5 N–H and O–H groups in total. The number of piperazine rings is 1. The number of carbonyl (C=O) groups is 4. The number of hydrogen-bond acceptors (Lipinski definition) is 14. The summed E-state index contributed by atoms with van der Waals surface area (Å²) >= 11 is 7.82. The minimum absolute atomic E-state index is 0.000704. The Balaban J connectivity index is 0.875. The summed E-state index contributed by atoms with van der Waals surface area (Å²) in [5, 5.41) is 39.8. The third kappa shape index (κ3) is 10.9. The second-order valence-corrected chi connectivity index (χ2v) is 23.6. The van der Waals surface area contributed by atoms with Gasteiger partial charge in [0.2, 0.25) is 17.7 Å². The first-order valence-electron chi connectivity index (χ1n) is 24.9. The molecule has 2 aromatic carbocycles. The summed E-state index contributed by atoms with van der Waals surface area (Å²) in [6.07, 6.45) is 2.30. The second-order valence-electron chi connectivity index (χ2n) is 22.3. The normalized spacial score (nSPS) is 25.0. The van der Waals surface area contributed by atoms with Crippen LogP contribution in [0, 0.1) is 34.5 Å². The molecule has 0 radical (unpaired) electrons. The number of rotatable bonds is 16. The highest BCUT2D eigenvalue weighted by atomic mass is 35.5. The zero-order chi connectivity index (χ0) is 52.7. The third-order valence-corrected chi connectivity index (χ3v) is 16.8. The molecule has 4 amide bonds. The molecule has 3 saturated heterocycles. The highest BCUT2D eigenvalue weighted by Gasteiger charge is 2.64. The lowest BCUT2D eigenvalue weighted by Crippen LogP contribution is -2.74. The number of carbonyl (C=O) groups excluding carboxylic acids is 4. The quantitative estimate of drug-likeness (QED) is 0.0916. The van der Waals surface area contributed by atoms with Gasteiger partial charge in [0.15, 0.2) is 0 Å². The van der Waals surface area contributed by atoms with E-state index in [4.69, 9.17) is 26.1 Å². The number of nitrogens with one attached hydrogen (secondary N) is 3. The zero-order valence-corrected chi connectivity index (χ0v) is 44.6. The number of nitrogens with zero attached hydrogens (tertiary/aromatic N) is 6. The van der Waals surface area contributed by atoms with E-state index >= 15 is 0 Å². The molecule has 5 heterocycles. The summed E-state index contributed by atoms with van der Waals surface area (Å²) in [4.78, 5) is 71.8. The molecule has 1 aliphatic carbocycles. The van der Waals surface area contributed by atoms with Gasteiger partial charge < -0.3 is 45.4 Å². The molecule has 2 bridgehead atoms. The van der Waals surface area contributed by atoms with Crippen LogP contribution in [-0.4, -0.2) is 142 Å². The number of β-amino-alcohol motifs (C(OH)–C–C–N with tert-alkyl or cyclic N) is 1. The topological polar surface area (TPSA) is 223 Å². The van der Waals surface area contributed by atoms with Crippen LogP contribution in [0.4, 0.5) is 5.82 Å². The summed E-state index contributed by atoms with van der Waals surface area (Å²) in [5.41, 5.74) is 3.45. The minimum Gasteiger partial charge on any atom is -0.489 e. The molecule has 4 fully saturated rings. The number of likely N-dealkylation sites (tertiary alicyclic amines) is 1. The number of thiazole rings is 1. The Bertz CT molecular complexity index is 2710. The van der Waals surface area contributed by atoms with Crippen LogP contribution in [0.5, 0.6) is 5.75 Å². The predicted molar refractivity (Wildman–Crippen MR) is 278 cm³/mol. The number of hydrogen-bond donors (Lipinski definition) is 5. The number of benzene rings is 2. The predicted octanol–water partition coefficient (Wildman–Crippen LogP) is 5.66. The van der Waals surface area contributed by atoms with Crippen molar-refractivity contribution in [3.63, 3.8) is 0 Å². The summed E-state index contributed by atoms with van der Waals surface area (Å²) in [5.74, 6) is -0.544. The number of pyridine rings is 1. The van der Waals surface area contributed by atoms with Gasteiger partial charge in [-0.25, -0.2) is 9.97 Å². The molecule has 2 aromatic heterocycles. The maximum absolute atomic E-state index is 14.4. The molecule has 4 aliphatic rings. The number of anilines is 1. The Hall–Kier alpha value is -5.68. The molecular weight excluding hydrogens is 970 g/mol. The smallest absolute Gasteiger partial charge is 0.253 e. The van der Waals surface area contributed by atoms with Gasteiger partial charge in [-0.3, -0.25) is 24.1 Å². The van der Waals surface area contributed by atoms with Crippen molar-refractivity contribution < 1.29 is 38.9 Å². The monoisotopic (exact) mass is 1040 g/mol. The molecule has 7 atom stereocenters. The van der Waals surface area contributed by atoms with E-state index in [0.29, 0.717) is 45.9 Å². The fourth-order valence-corrected chi connectivity index (χ4v) is 12.8. The van der Waals surface area contributed by atoms with Crippen molar-refractivity contribution in [3.05, 3.63) is 93.7 Å². The van der Waals surface area contributed by atoms with Crippen LogP contribution < -0.4 is 25.6 Å². The number of aryl methyl sites for hydroxylation is 1. The first kappa shape index (κ1) is 53.6. The number of aliphatic hydroxyl groups excluding tert-OH is 2. The van der Waals surface area contributed by atoms with Gasteiger partial charge in [0, 0.05) is 60.7 Å². The van der Waals surface area contributed by atoms with Gasteiger partial charge in [-0.15, -0.1) is 11.3 Å². The lowest BCUT2D eigenvalue weighted by Gasteiger charge is -2.63. The van der Waals surface area contributed by atoms with E-state index in [1.807, 2.05) is 58.0 Å². The molecule has 4 unspecified atom stereocenters. The Kier molecular flexibility index (Phi) is 15.6. The molecule has 0 spiro atoms. The van der Waals surface area contributed by atoms with E-state index in [-0.39, 0.29) is 62.9 Å². The first-order valence-corrected chi connectivity index (χ1v) is 26.2. The van der Waals surface area contributed by atoms with Gasteiger partial charge in [0.05, 0.1) is 63.6 Å². The van der Waals surface area contributed by atoms with E-state index in [0.717, 1.165) is 29.0 Å². The van der Waals surface area contributed by atoms with Crippen LogP contribution in [0.3, 0.4) is 0 Å². The van der Waals surface area contributed by atoms with Crippen molar-refractivity contribution in [1.29, 1.82) is 5.26 Å². The standard InChI is InChI=1S/C54H68ClN9O8S/c1-30-45(73-29-58-30)32-12-10-31(11-13-32)39(26-65)59-48(69)41-20-36(66)25-64(41)49(70)46(52(2,3)4)60-44(67)28-71-27-42-40-18-16-35(62(40)9)24-63(42)43-19-15-34(23-57-43)47(68)61-50-53(5,6)51(54(50,7)8)72-37-17-14-33(22-56)38(55)21-37/h10-15,17,19,21,23,29,35-36,39-42,46,50-51,65-66H,16,18,20,24-28H2,1-9H3,(H,59,69)(H,60,67)(H,61,68)/t35?,36-,39+,40?,41?,42?,46-,50-,51-/m1/s1. The number of aliphatic hydroxyl groups is 2. The largest absolute Gasteiger partial charge is 0.489 e. The number of fused-ring (bicyclic) bond motifs is 2. The summed E-state index contributed by atoms with van der Waals surface area (Å²) in [6, 6.07) is 15.4. The molecule has 1 saturated carbocycles. The summed E-state index contributed by atoms with van der Waals surface area (Å²) in [7, 11) is 2.10. The number of ether oxygens (including phenoxy) is 2. The Labute approximate surface area is 436 Å². The van der Waals surface area contributed by atoms with Gasteiger partial charge in [-0.05, 0) is 67.6 Å². The van der Waals surface area contributed by atoms with Crippen LogP contribution >= 0.6 is 22.9 Å². The number of nitriles is 1.